The van der Waals surface area contributed by atoms with Gasteiger partial charge in [-0.2, -0.15) is 0 Å². The summed E-state index contributed by atoms with van der Waals surface area (Å²) in [6.45, 7) is 3.56. The molecule has 146 valence electrons. The first kappa shape index (κ1) is 21.1. The van der Waals surface area contributed by atoms with E-state index in [2.05, 4.69) is 25.6 Å². The van der Waals surface area contributed by atoms with Crippen molar-refractivity contribution < 1.29 is 18.0 Å². The van der Waals surface area contributed by atoms with Crippen LogP contribution >= 0.6 is 22.9 Å². The van der Waals surface area contributed by atoms with Crippen molar-refractivity contribution in [3.8, 4) is 0 Å². The molecule has 0 radical (unpaired) electrons. The molecule has 2 aromatic rings. The number of hydrogen-bond donors (Lipinski definition) is 3. The Morgan fingerprint density at radius 3 is 2.26 bits per heavy atom. The number of benzene rings is 1. The van der Waals surface area contributed by atoms with E-state index >= 15 is 0 Å². The number of aromatic nitrogens is 2. The van der Waals surface area contributed by atoms with Gasteiger partial charge in [-0.05, 0) is 30.2 Å². The Balaban J connectivity index is 2.06. The van der Waals surface area contributed by atoms with Crippen molar-refractivity contribution in [2.45, 2.75) is 19.9 Å². The second-order valence-corrected chi connectivity index (χ2v) is 9.14. The summed E-state index contributed by atoms with van der Waals surface area (Å²) in [5, 5.41) is 13.2. The molecule has 1 aromatic carbocycles. The normalized spacial score (nSPS) is 12.5. The van der Waals surface area contributed by atoms with Crippen molar-refractivity contribution in [3.05, 3.63) is 34.9 Å². The number of nitrogens with one attached hydrogen (secondary N) is 3. The van der Waals surface area contributed by atoms with Crippen molar-refractivity contribution in [1.82, 2.24) is 15.5 Å². The number of amides is 2. The predicted molar refractivity (Wildman–Crippen MR) is 105 cm³/mol. The summed E-state index contributed by atoms with van der Waals surface area (Å²) < 4.78 is 24.6. The highest BCUT2D eigenvalue weighted by atomic mass is 35.5. The summed E-state index contributed by atoms with van der Waals surface area (Å²) in [5.41, 5.74) is 0.369. The van der Waals surface area contributed by atoms with Gasteiger partial charge in [-0.3, -0.25) is 19.6 Å². The van der Waals surface area contributed by atoms with Gasteiger partial charge < -0.3 is 5.32 Å². The lowest BCUT2D eigenvalue weighted by molar-refractivity contribution is -0.118. The Bertz CT molecular complexity index is 928. The van der Waals surface area contributed by atoms with E-state index in [1.807, 2.05) is 0 Å². The SMILES string of the molecule is CC(C)C(NC(=O)c1ccc(Cl)cc1)C(=O)Nc1nnc(NS(C)(=O)=O)s1. The van der Waals surface area contributed by atoms with Gasteiger partial charge >= 0.3 is 0 Å². The van der Waals surface area contributed by atoms with E-state index in [0.29, 0.717) is 10.6 Å². The molecular weight excluding hydrogens is 414 g/mol. The van der Waals surface area contributed by atoms with Gasteiger partial charge in [-0.25, -0.2) is 8.42 Å². The standard InChI is InChI=1S/C15H18ClN5O4S2/c1-8(2)11(17-12(22)9-4-6-10(16)7-5-9)13(23)18-14-19-20-15(26-14)21-27(3,24)25/h4-8,11H,1-3H3,(H,17,22)(H,20,21)(H,18,19,23). The Morgan fingerprint density at radius 1 is 1.11 bits per heavy atom. The number of nitrogens with zero attached hydrogens (tertiary/aromatic N) is 2. The lowest BCUT2D eigenvalue weighted by Gasteiger charge is -2.21. The molecule has 12 heteroatoms. The molecule has 3 N–H and O–H groups in total. The number of sulfonamides is 1. The minimum absolute atomic E-state index is 0.0269. The lowest BCUT2D eigenvalue weighted by atomic mass is 10.0. The highest BCUT2D eigenvalue weighted by Crippen LogP contribution is 2.21. The summed E-state index contributed by atoms with van der Waals surface area (Å²) in [7, 11) is -3.49. The fraction of sp³-hybridized carbons (Fsp3) is 0.333. The molecule has 1 heterocycles. The van der Waals surface area contributed by atoms with E-state index in [1.165, 1.54) is 0 Å². The van der Waals surface area contributed by atoms with Gasteiger partial charge in [-0.15, -0.1) is 10.2 Å². The maximum atomic E-state index is 12.5. The van der Waals surface area contributed by atoms with Gasteiger partial charge in [0.05, 0.1) is 6.26 Å². The highest BCUT2D eigenvalue weighted by molar-refractivity contribution is 7.92. The minimum atomic E-state index is -3.49. The van der Waals surface area contributed by atoms with E-state index < -0.39 is 27.9 Å². The Hall–Kier alpha value is -2.24. The first-order valence-electron chi connectivity index (χ1n) is 7.74. The average molecular weight is 432 g/mol. The number of rotatable bonds is 7. The molecular formula is C15H18ClN5O4S2. The third kappa shape index (κ3) is 6.45. The van der Waals surface area contributed by atoms with Crippen molar-refractivity contribution in [2.24, 2.45) is 5.92 Å². The van der Waals surface area contributed by atoms with Gasteiger partial charge in [0.25, 0.3) is 5.91 Å². The van der Waals surface area contributed by atoms with Crippen LogP contribution in [0.3, 0.4) is 0 Å². The summed E-state index contributed by atoms with van der Waals surface area (Å²) >= 11 is 6.67. The van der Waals surface area contributed by atoms with Crippen LogP contribution in [0.15, 0.2) is 24.3 Å². The molecule has 0 spiro atoms. The van der Waals surface area contributed by atoms with Crippen LogP contribution in [0.25, 0.3) is 0 Å². The number of anilines is 2. The smallest absolute Gasteiger partial charge is 0.251 e. The molecule has 27 heavy (non-hydrogen) atoms. The first-order valence-corrected chi connectivity index (χ1v) is 10.8. The molecule has 1 atom stereocenters. The molecule has 0 aliphatic rings. The summed E-state index contributed by atoms with van der Waals surface area (Å²) in [4.78, 5) is 24.9. The Morgan fingerprint density at radius 2 is 1.70 bits per heavy atom. The number of carbonyl (C=O) groups is 2. The monoisotopic (exact) mass is 431 g/mol. The molecule has 0 aliphatic carbocycles. The van der Waals surface area contributed by atoms with Gasteiger partial charge in [-0.1, -0.05) is 36.8 Å². The summed E-state index contributed by atoms with van der Waals surface area (Å²) in [6, 6.07) is 5.45. The number of carbonyl (C=O) groups excluding carboxylic acids is 2. The molecule has 0 bridgehead atoms. The van der Waals surface area contributed by atoms with Crippen LogP contribution in [-0.2, 0) is 14.8 Å². The first-order chi connectivity index (χ1) is 12.5. The van der Waals surface area contributed by atoms with Crippen molar-refractivity contribution in [3.63, 3.8) is 0 Å². The Labute approximate surface area is 165 Å². The van der Waals surface area contributed by atoms with Crippen LogP contribution in [-0.4, -0.2) is 42.7 Å². The molecule has 0 saturated carbocycles. The average Bonchev–Trinajstić information content (AvgIpc) is 2.97. The number of hydrogen-bond acceptors (Lipinski definition) is 7. The van der Waals surface area contributed by atoms with Gasteiger partial charge in [0.1, 0.15) is 6.04 Å². The van der Waals surface area contributed by atoms with Crippen LogP contribution in [0.5, 0.6) is 0 Å². The largest absolute Gasteiger partial charge is 0.340 e. The van der Waals surface area contributed by atoms with Gasteiger partial charge in [0, 0.05) is 10.6 Å². The maximum absolute atomic E-state index is 12.5. The van der Waals surface area contributed by atoms with E-state index in [0.717, 1.165) is 17.6 Å². The van der Waals surface area contributed by atoms with Crippen molar-refractivity contribution in [2.75, 3.05) is 16.3 Å². The fourth-order valence-electron chi connectivity index (χ4n) is 2.02. The second-order valence-electron chi connectivity index (χ2n) is 5.98. The molecule has 1 aromatic heterocycles. The van der Waals surface area contributed by atoms with Crippen LogP contribution < -0.4 is 15.4 Å². The molecule has 0 aliphatic heterocycles. The van der Waals surface area contributed by atoms with E-state index in [9.17, 15) is 18.0 Å². The zero-order chi connectivity index (χ0) is 20.2. The molecule has 2 rings (SSSR count). The van der Waals surface area contributed by atoms with Gasteiger partial charge in [0.2, 0.25) is 26.2 Å². The number of halogens is 1. The van der Waals surface area contributed by atoms with E-state index in [4.69, 9.17) is 11.6 Å². The van der Waals surface area contributed by atoms with Crippen LogP contribution in [0.1, 0.15) is 24.2 Å². The second kappa shape index (κ2) is 8.63. The van der Waals surface area contributed by atoms with Crippen LogP contribution in [0.2, 0.25) is 5.02 Å². The van der Waals surface area contributed by atoms with Crippen molar-refractivity contribution in [1.29, 1.82) is 0 Å². The van der Waals surface area contributed by atoms with Gasteiger partial charge in [0.15, 0.2) is 0 Å². The fourth-order valence-corrected chi connectivity index (χ4v) is 3.62. The summed E-state index contributed by atoms with van der Waals surface area (Å²) in [6.07, 6.45) is 0.980. The molecule has 0 fully saturated rings. The van der Waals surface area contributed by atoms with E-state index in [1.54, 1.807) is 38.1 Å². The quantitative estimate of drug-likeness (QED) is 0.614. The topological polar surface area (TPSA) is 130 Å². The molecule has 9 nitrogen and oxygen atoms in total. The predicted octanol–water partition coefficient (Wildman–Crippen LogP) is 1.96. The molecule has 1 unspecified atom stereocenters. The summed E-state index contributed by atoms with van der Waals surface area (Å²) in [5.74, 6) is -1.12. The van der Waals surface area contributed by atoms with Crippen molar-refractivity contribution >= 4 is 55.0 Å². The van der Waals surface area contributed by atoms with Crippen LogP contribution in [0.4, 0.5) is 10.3 Å². The zero-order valence-electron chi connectivity index (χ0n) is 14.7. The molecule has 0 saturated heterocycles. The van der Waals surface area contributed by atoms with E-state index in [-0.39, 0.29) is 16.2 Å². The highest BCUT2D eigenvalue weighted by Gasteiger charge is 2.26. The Kier molecular flexibility index (Phi) is 6.73. The maximum Gasteiger partial charge on any atom is 0.251 e. The zero-order valence-corrected chi connectivity index (χ0v) is 17.1. The van der Waals surface area contributed by atoms with Crippen LogP contribution in [0, 0.1) is 5.92 Å². The third-order valence-corrected chi connectivity index (χ3v) is 4.97. The minimum Gasteiger partial charge on any atom is -0.340 e. The molecule has 2 amide bonds. The third-order valence-electron chi connectivity index (χ3n) is 3.27. The lowest BCUT2D eigenvalue weighted by Crippen LogP contribution is -2.47.